The summed E-state index contributed by atoms with van der Waals surface area (Å²) in [5, 5.41) is 0. The third-order valence-corrected chi connectivity index (χ3v) is 5.49. The second-order valence-corrected chi connectivity index (χ2v) is 11.5. The van der Waals surface area contributed by atoms with E-state index in [1.165, 1.54) is 0 Å². The van der Waals surface area contributed by atoms with E-state index in [9.17, 15) is 4.57 Å². The topological polar surface area (TPSA) is 44.8 Å². The molecule has 0 fully saturated rings. The zero-order valence-corrected chi connectivity index (χ0v) is 13.9. The molecule has 1 unspecified atom stereocenters. The SMILES string of the molecule is CCCC(O[Si](C)(C)C)P(=O)(OCC)OCC. The molecule has 0 aliphatic carbocycles. The Labute approximate surface area is 107 Å². The molecule has 0 radical (unpaired) electrons. The van der Waals surface area contributed by atoms with Gasteiger partial charge in [-0.15, -0.1) is 0 Å². The van der Waals surface area contributed by atoms with Gasteiger partial charge in [-0.1, -0.05) is 13.3 Å². The summed E-state index contributed by atoms with van der Waals surface area (Å²) in [4.78, 5) is 0. The predicted octanol–water partition coefficient (Wildman–Crippen LogP) is 4.23. The zero-order valence-electron chi connectivity index (χ0n) is 12.0. The smallest absolute Gasteiger partial charge is 0.357 e. The quantitative estimate of drug-likeness (QED) is 0.469. The van der Waals surface area contributed by atoms with E-state index in [1.807, 2.05) is 20.8 Å². The Balaban J connectivity index is 4.88. The highest BCUT2D eigenvalue weighted by Gasteiger charge is 2.38. The fraction of sp³-hybridized carbons (Fsp3) is 1.00. The van der Waals surface area contributed by atoms with Crippen molar-refractivity contribution in [1.82, 2.24) is 0 Å². The zero-order chi connectivity index (χ0) is 13.5. The monoisotopic (exact) mass is 282 g/mol. The molecule has 0 aliphatic heterocycles. The molecule has 0 bridgehead atoms. The maximum Gasteiger partial charge on any atom is 0.357 e. The largest absolute Gasteiger partial charge is 0.404 e. The molecule has 17 heavy (non-hydrogen) atoms. The minimum Gasteiger partial charge on any atom is -0.404 e. The summed E-state index contributed by atoms with van der Waals surface area (Å²) in [7, 11) is -4.89. The normalized spacial score (nSPS) is 14.9. The highest BCUT2D eigenvalue weighted by Crippen LogP contribution is 2.55. The fourth-order valence-electron chi connectivity index (χ4n) is 1.50. The van der Waals surface area contributed by atoms with Crippen LogP contribution in [-0.4, -0.2) is 27.4 Å². The molecule has 0 rings (SSSR count). The lowest BCUT2D eigenvalue weighted by molar-refractivity contribution is 0.152. The Morgan fingerprint density at radius 2 is 1.53 bits per heavy atom. The van der Waals surface area contributed by atoms with Gasteiger partial charge >= 0.3 is 7.60 Å². The van der Waals surface area contributed by atoms with E-state index in [0.29, 0.717) is 19.6 Å². The van der Waals surface area contributed by atoms with Crippen molar-refractivity contribution in [1.29, 1.82) is 0 Å². The van der Waals surface area contributed by atoms with Gasteiger partial charge in [-0.25, -0.2) is 0 Å². The van der Waals surface area contributed by atoms with Crippen molar-refractivity contribution in [3.8, 4) is 0 Å². The lowest BCUT2D eigenvalue weighted by Crippen LogP contribution is -2.32. The van der Waals surface area contributed by atoms with E-state index in [2.05, 4.69) is 19.6 Å². The van der Waals surface area contributed by atoms with Crippen LogP contribution < -0.4 is 0 Å². The van der Waals surface area contributed by atoms with Crippen molar-refractivity contribution in [3.63, 3.8) is 0 Å². The van der Waals surface area contributed by atoms with Crippen LogP contribution in [0.4, 0.5) is 0 Å². The van der Waals surface area contributed by atoms with Crippen LogP contribution in [0.2, 0.25) is 19.6 Å². The van der Waals surface area contributed by atoms with E-state index in [0.717, 1.165) is 6.42 Å². The van der Waals surface area contributed by atoms with Gasteiger partial charge in [-0.05, 0) is 39.9 Å². The summed E-state index contributed by atoms with van der Waals surface area (Å²) in [5.74, 6) is -0.418. The number of hydrogen-bond acceptors (Lipinski definition) is 4. The molecule has 1 atom stereocenters. The van der Waals surface area contributed by atoms with Crippen LogP contribution >= 0.6 is 7.60 Å². The highest BCUT2D eigenvalue weighted by molar-refractivity contribution is 7.54. The third-order valence-electron chi connectivity index (χ3n) is 2.00. The molecule has 0 saturated carbocycles. The molecular weight excluding hydrogens is 255 g/mol. The fourth-order valence-corrected chi connectivity index (χ4v) is 5.60. The van der Waals surface area contributed by atoms with Crippen molar-refractivity contribution >= 4 is 15.9 Å². The third kappa shape index (κ3) is 6.72. The lowest BCUT2D eigenvalue weighted by atomic mass is 10.4. The Hall–Kier alpha value is 0.327. The van der Waals surface area contributed by atoms with Gasteiger partial charge in [0.05, 0.1) is 13.2 Å². The predicted molar refractivity (Wildman–Crippen MR) is 74.0 cm³/mol. The van der Waals surface area contributed by atoms with Gasteiger partial charge in [0.1, 0.15) is 5.85 Å². The maximum atomic E-state index is 12.6. The first-order chi connectivity index (χ1) is 7.79. The second kappa shape index (κ2) is 7.69. The first kappa shape index (κ1) is 17.3. The van der Waals surface area contributed by atoms with Crippen molar-refractivity contribution < 1.29 is 18.0 Å². The Bertz CT molecular complexity index is 242. The van der Waals surface area contributed by atoms with E-state index in [-0.39, 0.29) is 0 Å². The molecule has 0 N–H and O–H groups in total. The van der Waals surface area contributed by atoms with Gasteiger partial charge < -0.3 is 13.5 Å². The Morgan fingerprint density at radius 1 is 1.06 bits per heavy atom. The number of rotatable bonds is 9. The average Bonchev–Trinajstić information content (AvgIpc) is 2.16. The van der Waals surface area contributed by atoms with Gasteiger partial charge in [0.2, 0.25) is 0 Å². The maximum absolute atomic E-state index is 12.6. The summed E-state index contributed by atoms with van der Waals surface area (Å²) in [6.07, 6.45) is 1.61. The average molecular weight is 282 g/mol. The summed E-state index contributed by atoms with van der Waals surface area (Å²) in [6, 6.07) is 0. The molecular formula is C11H27O4PSi. The summed E-state index contributed by atoms with van der Waals surface area (Å²) in [5.41, 5.74) is 0. The minimum absolute atomic E-state index is 0.381. The molecule has 0 spiro atoms. The molecule has 4 nitrogen and oxygen atoms in total. The van der Waals surface area contributed by atoms with Crippen molar-refractivity contribution in [2.45, 2.75) is 59.1 Å². The van der Waals surface area contributed by atoms with Crippen LogP contribution in [-0.2, 0) is 18.0 Å². The second-order valence-electron chi connectivity index (χ2n) is 4.85. The van der Waals surface area contributed by atoms with Crippen LogP contribution in [0.1, 0.15) is 33.6 Å². The molecule has 0 amide bonds. The molecule has 0 aromatic rings. The molecule has 0 aliphatic rings. The van der Waals surface area contributed by atoms with Crippen molar-refractivity contribution in [3.05, 3.63) is 0 Å². The summed E-state index contributed by atoms with van der Waals surface area (Å²) in [6.45, 7) is 12.7. The van der Waals surface area contributed by atoms with Crippen LogP contribution in [0.25, 0.3) is 0 Å². The molecule has 104 valence electrons. The van der Waals surface area contributed by atoms with Gasteiger partial charge in [-0.3, -0.25) is 4.57 Å². The van der Waals surface area contributed by atoms with Crippen LogP contribution in [0, 0.1) is 0 Å². The first-order valence-corrected chi connectivity index (χ1v) is 11.4. The van der Waals surface area contributed by atoms with E-state index >= 15 is 0 Å². The molecule has 6 heteroatoms. The van der Waals surface area contributed by atoms with Crippen molar-refractivity contribution in [2.24, 2.45) is 0 Å². The van der Waals surface area contributed by atoms with Crippen LogP contribution in [0.15, 0.2) is 0 Å². The van der Waals surface area contributed by atoms with E-state index < -0.39 is 21.8 Å². The minimum atomic E-state index is -3.13. The lowest BCUT2D eigenvalue weighted by Gasteiger charge is -2.31. The van der Waals surface area contributed by atoms with Gasteiger partial charge in [0.25, 0.3) is 0 Å². The molecule has 0 aromatic heterocycles. The number of hydrogen-bond donors (Lipinski definition) is 0. The highest BCUT2D eigenvalue weighted by atomic mass is 31.2. The summed E-state index contributed by atoms with van der Waals surface area (Å²) < 4.78 is 29.3. The van der Waals surface area contributed by atoms with E-state index in [1.54, 1.807) is 0 Å². The van der Waals surface area contributed by atoms with Crippen molar-refractivity contribution in [2.75, 3.05) is 13.2 Å². The van der Waals surface area contributed by atoms with Gasteiger partial charge in [0.15, 0.2) is 8.32 Å². The first-order valence-electron chi connectivity index (χ1n) is 6.35. The Kier molecular flexibility index (Phi) is 7.84. The molecule has 0 heterocycles. The van der Waals surface area contributed by atoms with Gasteiger partial charge in [0, 0.05) is 0 Å². The van der Waals surface area contributed by atoms with Crippen LogP contribution in [0.3, 0.4) is 0 Å². The van der Waals surface area contributed by atoms with E-state index in [4.69, 9.17) is 13.5 Å². The Morgan fingerprint density at radius 3 is 1.82 bits per heavy atom. The standard InChI is InChI=1S/C11H27O4PSi/c1-7-10-11(15-17(4,5)6)16(12,13-8-2)14-9-3/h11H,7-10H2,1-6H3. The van der Waals surface area contributed by atoms with Crippen LogP contribution in [0.5, 0.6) is 0 Å². The summed E-state index contributed by atoms with van der Waals surface area (Å²) >= 11 is 0. The van der Waals surface area contributed by atoms with Gasteiger partial charge in [-0.2, -0.15) is 0 Å². The molecule has 0 aromatic carbocycles. The molecule has 0 saturated heterocycles.